The number of carboxylic acid groups (broad SMARTS) is 1. The fraction of sp³-hybridized carbons (Fsp3) is 0.500. The van der Waals surface area contributed by atoms with Crippen LogP contribution in [-0.2, 0) is 11.3 Å². The molecule has 0 spiro atoms. The second-order valence-electron chi connectivity index (χ2n) is 15.3. The minimum absolute atomic E-state index is 0.163. The molecule has 6 rings (SSSR count). The van der Waals surface area contributed by atoms with E-state index in [1.54, 1.807) is 24.3 Å². The molecule has 2 N–H and O–H groups in total. The maximum Gasteiger partial charge on any atom is 0.407 e. The van der Waals surface area contributed by atoms with E-state index in [2.05, 4.69) is 21.2 Å². The predicted octanol–water partition coefficient (Wildman–Crippen LogP) is 6.31. The Kier molecular flexibility index (Phi) is 12.9. The summed E-state index contributed by atoms with van der Waals surface area (Å²) in [5.41, 5.74) is 4.81. The summed E-state index contributed by atoms with van der Waals surface area (Å²) in [5.74, 6) is -3.90. The normalized spacial score (nSPS) is 19.5. The fourth-order valence-corrected chi connectivity index (χ4v) is 8.14. The highest BCUT2D eigenvalue weighted by Gasteiger charge is 2.38. The van der Waals surface area contributed by atoms with Gasteiger partial charge in [0.15, 0.2) is 0 Å². The smallest absolute Gasteiger partial charge is 0.407 e. The van der Waals surface area contributed by atoms with Crippen molar-refractivity contribution in [2.24, 2.45) is 5.92 Å². The number of amides is 4. The van der Waals surface area contributed by atoms with E-state index in [4.69, 9.17) is 4.98 Å². The Balaban J connectivity index is 1.11. The third-order valence-electron chi connectivity index (χ3n) is 11.3. The zero-order valence-corrected chi connectivity index (χ0v) is 31.8. The van der Waals surface area contributed by atoms with Crippen molar-refractivity contribution < 1.29 is 33.1 Å². The molecule has 2 fully saturated rings. The van der Waals surface area contributed by atoms with Gasteiger partial charge in [0.25, 0.3) is 11.8 Å². The van der Waals surface area contributed by atoms with Gasteiger partial charge in [-0.1, -0.05) is 48.5 Å². The predicted molar refractivity (Wildman–Crippen MR) is 204 cm³/mol. The average Bonchev–Trinajstić information content (AvgIpc) is 3.41. The number of rotatable bonds is 15. The maximum absolute atomic E-state index is 13.8. The second kappa shape index (κ2) is 17.8. The summed E-state index contributed by atoms with van der Waals surface area (Å²) in [7, 11) is 0. The molecule has 3 aliphatic rings. The minimum atomic E-state index is -2.71. The number of aryl methyl sites for hydroxylation is 2. The van der Waals surface area contributed by atoms with Crippen molar-refractivity contribution in [3.8, 4) is 0 Å². The van der Waals surface area contributed by atoms with Crippen LogP contribution in [0.4, 0.5) is 13.6 Å². The first-order valence-electron chi connectivity index (χ1n) is 19.4. The molecule has 2 aromatic carbocycles. The van der Waals surface area contributed by atoms with Crippen molar-refractivity contribution >= 4 is 23.8 Å². The lowest BCUT2D eigenvalue weighted by atomic mass is 9.86. The molecule has 13 heteroatoms. The number of hydrogen-bond donors (Lipinski definition) is 2. The number of benzene rings is 2. The lowest BCUT2D eigenvalue weighted by Crippen LogP contribution is -2.58. The standard InChI is InChI=1S/C42H52F2N6O5/c1-29-24-30(2)37(45-25-29)28-48(19-8-9-20-50-39(52)34-12-6-7-13-35(34)40(50)53)27-33-26-47(22-23-49(33)41(54)55)21-16-36(31-10-4-3-5-11-31)46-38(51)32-14-17-42(43,44)18-15-32/h3-7,10-13,24-25,32-33,36H,8-9,14-23,26-28H2,1-2H3,(H,46,51)(H,54,55). The number of pyridine rings is 1. The van der Waals surface area contributed by atoms with E-state index in [1.807, 2.05) is 50.4 Å². The Labute approximate surface area is 321 Å². The highest BCUT2D eigenvalue weighted by atomic mass is 19.3. The largest absolute Gasteiger partial charge is 0.465 e. The van der Waals surface area contributed by atoms with Crippen molar-refractivity contribution in [2.45, 2.75) is 83.3 Å². The molecule has 3 heterocycles. The highest BCUT2D eigenvalue weighted by Crippen LogP contribution is 2.36. The lowest BCUT2D eigenvalue weighted by molar-refractivity contribution is -0.130. The summed E-state index contributed by atoms with van der Waals surface area (Å²) >= 11 is 0. The van der Waals surface area contributed by atoms with Crippen LogP contribution in [0.5, 0.6) is 0 Å². The van der Waals surface area contributed by atoms with Crippen LogP contribution in [0.1, 0.15) is 94.1 Å². The number of carbonyl (C=O) groups excluding carboxylic acids is 3. The summed E-state index contributed by atoms with van der Waals surface area (Å²) in [6.45, 7) is 7.85. The number of carbonyl (C=O) groups is 4. The van der Waals surface area contributed by atoms with Crippen LogP contribution in [0, 0.1) is 19.8 Å². The fourth-order valence-electron chi connectivity index (χ4n) is 8.14. The molecule has 1 aromatic heterocycles. The van der Waals surface area contributed by atoms with E-state index in [0.29, 0.717) is 82.7 Å². The van der Waals surface area contributed by atoms with Crippen LogP contribution in [0.2, 0.25) is 0 Å². The molecular weight excluding hydrogens is 706 g/mol. The number of nitrogens with zero attached hydrogens (tertiary/aromatic N) is 5. The second-order valence-corrected chi connectivity index (χ2v) is 15.3. The van der Waals surface area contributed by atoms with E-state index >= 15 is 0 Å². The number of alkyl halides is 2. The van der Waals surface area contributed by atoms with Crippen LogP contribution in [0.25, 0.3) is 0 Å². The highest BCUT2D eigenvalue weighted by molar-refractivity contribution is 6.21. The molecular formula is C42H52F2N6O5. The van der Waals surface area contributed by atoms with Crippen molar-refractivity contribution in [2.75, 3.05) is 45.8 Å². The number of nitrogens with one attached hydrogen (secondary N) is 1. The van der Waals surface area contributed by atoms with E-state index in [1.165, 1.54) is 9.80 Å². The molecule has 294 valence electrons. The van der Waals surface area contributed by atoms with Crippen LogP contribution >= 0.6 is 0 Å². The van der Waals surface area contributed by atoms with Gasteiger partial charge in [0.2, 0.25) is 11.8 Å². The van der Waals surface area contributed by atoms with Crippen molar-refractivity contribution in [1.29, 1.82) is 0 Å². The molecule has 4 amide bonds. The maximum atomic E-state index is 13.8. The van der Waals surface area contributed by atoms with E-state index < -0.39 is 17.9 Å². The Morgan fingerprint density at radius 2 is 1.64 bits per heavy atom. The van der Waals surface area contributed by atoms with Gasteiger partial charge in [-0.2, -0.15) is 0 Å². The van der Waals surface area contributed by atoms with Gasteiger partial charge >= 0.3 is 6.09 Å². The third kappa shape index (κ3) is 10.1. The number of hydrogen-bond acceptors (Lipinski definition) is 7. The average molecular weight is 759 g/mol. The Bertz CT molecular complexity index is 1800. The number of aromatic nitrogens is 1. The van der Waals surface area contributed by atoms with Crippen molar-refractivity contribution in [3.63, 3.8) is 0 Å². The molecule has 1 saturated heterocycles. The topological polar surface area (TPSA) is 126 Å². The van der Waals surface area contributed by atoms with Crippen molar-refractivity contribution in [3.05, 3.63) is 100 Å². The van der Waals surface area contributed by atoms with Crippen LogP contribution < -0.4 is 5.32 Å². The Morgan fingerprint density at radius 1 is 0.964 bits per heavy atom. The first-order valence-corrected chi connectivity index (χ1v) is 19.4. The zero-order valence-electron chi connectivity index (χ0n) is 31.8. The van der Waals surface area contributed by atoms with Gasteiger partial charge in [0, 0.05) is 70.8 Å². The van der Waals surface area contributed by atoms with E-state index in [9.17, 15) is 33.1 Å². The van der Waals surface area contributed by atoms with E-state index in [0.717, 1.165) is 22.4 Å². The molecule has 3 aromatic rings. The van der Waals surface area contributed by atoms with Gasteiger partial charge in [-0.05, 0) is 81.3 Å². The molecule has 2 unspecified atom stereocenters. The SMILES string of the molecule is Cc1cnc(CN(CCCCN2C(=O)c3ccccc3C2=O)CC2CN(CCC(NC(=O)C3CCC(F)(F)CC3)c3ccccc3)CCN2C(=O)O)c(C)c1. The summed E-state index contributed by atoms with van der Waals surface area (Å²) < 4.78 is 27.6. The molecule has 55 heavy (non-hydrogen) atoms. The number of halogens is 2. The van der Waals surface area contributed by atoms with Gasteiger partial charge < -0.3 is 15.3 Å². The molecule has 11 nitrogen and oxygen atoms in total. The van der Waals surface area contributed by atoms with Gasteiger partial charge in [0.1, 0.15) is 0 Å². The molecule has 1 saturated carbocycles. The summed E-state index contributed by atoms with van der Waals surface area (Å²) in [4.78, 5) is 63.7. The van der Waals surface area contributed by atoms with Crippen LogP contribution in [0.3, 0.4) is 0 Å². The minimum Gasteiger partial charge on any atom is -0.465 e. The Morgan fingerprint density at radius 3 is 2.29 bits per heavy atom. The van der Waals surface area contributed by atoms with Crippen LogP contribution in [0.15, 0.2) is 66.9 Å². The quantitative estimate of drug-likeness (QED) is 0.136. The lowest BCUT2D eigenvalue weighted by Gasteiger charge is -2.42. The van der Waals surface area contributed by atoms with E-state index in [-0.39, 0.29) is 55.5 Å². The van der Waals surface area contributed by atoms with Gasteiger partial charge in [-0.3, -0.25) is 34.1 Å². The number of piperazine rings is 1. The molecule has 0 bridgehead atoms. The first kappa shape index (κ1) is 39.9. The van der Waals surface area contributed by atoms with Gasteiger partial charge in [-0.15, -0.1) is 0 Å². The summed E-state index contributed by atoms with van der Waals surface area (Å²) in [6, 6.07) is 17.9. The number of unbranched alkanes of at least 4 members (excludes halogenated alkanes) is 1. The number of imide groups is 1. The van der Waals surface area contributed by atoms with Gasteiger partial charge in [0.05, 0.1) is 28.9 Å². The molecule has 2 aliphatic heterocycles. The van der Waals surface area contributed by atoms with Crippen LogP contribution in [-0.4, -0.2) is 111 Å². The first-order chi connectivity index (χ1) is 26.4. The summed E-state index contributed by atoms with van der Waals surface area (Å²) in [6.07, 6.45) is 2.47. The summed E-state index contributed by atoms with van der Waals surface area (Å²) in [5, 5.41) is 13.4. The molecule has 2 atom stereocenters. The van der Waals surface area contributed by atoms with Gasteiger partial charge in [-0.25, -0.2) is 13.6 Å². The molecule has 1 aliphatic carbocycles. The monoisotopic (exact) mass is 758 g/mol. The third-order valence-corrected chi connectivity index (χ3v) is 11.3. The zero-order chi connectivity index (χ0) is 39.1. The number of fused-ring (bicyclic) bond motifs is 1. The molecule has 0 radical (unpaired) electrons. The Hall–Kier alpha value is -4.75. The van der Waals surface area contributed by atoms with Crippen molar-refractivity contribution in [1.82, 2.24) is 29.9 Å².